The first-order valence-electron chi connectivity index (χ1n) is 5.28. The third-order valence-corrected chi connectivity index (χ3v) is 2.49. The van der Waals surface area contributed by atoms with Crippen molar-refractivity contribution in [2.75, 3.05) is 12.1 Å². The molecule has 1 amide bonds. The second-order valence-corrected chi connectivity index (χ2v) is 3.82. The topological polar surface area (TPSA) is 71.4 Å². The number of anilines is 1. The van der Waals surface area contributed by atoms with E-state index in [0.717, 1.165) is 0 Å². The highest BCUT2D eigenvalue weighted by Crippen LogP contribution is 2.34. The molecule has 5 heteroatoms. The number of fused-ring (bicyclic) bond motifs is 1. The van der Waals surface area contributed by atoms with Crippen molar-refractivity contribution in [1.82, 2.24) is 0 Å². The van der Waals surface area contributed by atoms with E-state index in [9.17, 15) is 4.79 Å². The van der Waals surface area contributed by atoms with E-state index in [1.165, 1.54) is 0 Å². The summed E-state index contributed by atoms with van der Waals surface area (Å²) in [4.78, 5) is 11.7. The number of carbonyl (C=O) groups excluding carboxylic acids is 1. The van der Waals surface area contributed by atoms with E-state index < -0.39 is 0 Å². The lowest BCUT2D eigenvalue weighted by Crippen LogP contribution is -2.19. The van der Waals surface area contributed by atoms with Crippen molar-refractivity contribution in [1.29, 1.82) is 5.26 Å². The van der Waals surface area contributed by atoms with Gasteiger partial charge in [0.05, 0.1) is 6.07 Å². The monoisotopic (exact) mass is 232 g/mol. The van der Waals surface area contributed by atoms with Crippen molar-refractivity contribution in [3.63, 3.8) is 0 Å². The van der Waals surface area contributed by atoms with Crippen molar-refractivity contribution in [3.05, 3.63) is 18.2 Å². The maximum atomic E-state index is 11.7. The zero-order valence-electron chi connectivity index (χ0n) is 9.40. The largest absolute Gasteiger partial charge is 0.454 e. The van der Waals surface area contributed by atoms with Crippen LogP contribution >= 0.6 is 0 Å². The molecule has 1 atom stereocenters. The molecule has 0 saturated heterocycles. The Balaban J connectivity index is 2.04. The highest BCUT2D eigenvalue weighted by molar-refractivity contribution is 5.92. The van der Waals surface area contributed by atoms with E-state index in [-0.39, 0.29) is 25.0 Å². The lowest BCUT2D eigenvalue weighted by atomic mass is 10.1. The minimum atomic E-state index is -0.328. The zero-order chi connectivity index (χ0) is 12.3. The molecule has 1 N–H and O–H groups in total. The summed E-state index contributed by atoms with van der Waals surface area (Å²) in [6, 6.07) is 7.16. The molecule has 0 aromatic heterocycles. The second kappa shape index (κ2) is 4.74. The first-order valence-corrected chi connectivity index (χ1v) is 5.28. The molecule has 1 aliphatic rings. The molecule has 1 unspecified atom stereocenters. The normalized spacial score (nSPS) is 13.9. The van der Waals surface area contributed by atoms with E-state index >= 15 is 0 Å². The SMILES string of the molecule is CC(CC#N)C(=O)Nc1ccc2c(c1)OCO2. The van der Waals surface area contributed by atoms with Gasteiger partial charge in [0.25, 0.3) is 0 Å². The Morgan fingerprint density at radius 2 is 2.29 bits per heavy atom. The van der Waals surface area contributed by atoms with Gasteiger partial charge >= 0.3 is 0 Å². The lowest BCUT2D eigenvalue weighted by Gasteiger charge is -2.09. The van der Waals surface area contributed by atoms with Crippen molar-refractivity contribution >= 4 is 11.6 Å². The number of amides is 1. The fourth-order valence-corrected chi connectivity index (χ4v) is 1.47. The van der Waals surface area contributed by atoms with Gasteiger partial charge in [-0.1, -0.05) is 6.92 Å². The standard InChI is InChI=1S/C12H12N2O3/c1-8(4-5-13)12(15)14-9-2-3-10-11(6-9)17-7-16-10/h2-3,6,8H,4,7H2,1H3,(H,14,15). The molecule has 0 fully saturated rings. The molecule has 0 saturated carbocycles. The van der Waals surface area contributed by atoms with Crippen LogP contribution in [-0.2, 0) is 4.79 Å². The van der Waals surface area contributed by atoms with Gasteiger partial charge in [0.1, 0.15) is 0 Å². The van der Waals surface area contributed by atoms with Crippen LogP contribution in [0.2, 0.25) is 0 Å². The Morgan fingerprint density at radius 3 is 3.06 bits per heavy atom. The summed E-state index contributed by atoms with van der Waals surface area (Å²) in [5.74, 6) is 0.791. The molecule has 17 heavy (non-hydrogen) atoms. The second-order valence-electron chi connectivity index (χ2n) is 3.82. The number of nitrogens with zero attached hydrogens (tertiary/aromatic N) is 1. The van der Waals surface area contributed by atoms with Crippen LogP contribution in [0, 0.1) is 17.2 Å². The van der Waals surface area contributed by atoms with Gasteiger partial charge in [-0.3, -0.25) is 4.79 Å². The van der Waals surface area contributed by atoms with Gasteiger partial charge < -0.3 is 14.8 Å². The van der Waals surface area contributed by atoms with Crippen LogP contribution in [0.5, 0.6) is 11.5 Å². The van der Waals surface area contributed by atoms with Crippen LogP contribution in [0.25, 0.3) is 0 Å². The average molecular weight is 232 g/mol. The van der Waals surface area contributed by atoms with E-state index in [1.807, 2.05) is 6.07 Å². The van der Waals surface area contributed by atoms with Gasteiger partial charge in [-0.15, -0.1) is 0 Å². The highest BCUT2D eigenvalue weighted by Gasteiger charge is 2.16. The number of hydrogen-bond acceptors (Lipinski definition) is 4. The van der Waals surface area contributed by atoms with Crippen LogP contribution in [0.1, 0.15) is 13.3 Å². The Bertz CT molecular complexity index is 479. The molecule has 1 aliphatic heterocycles. The molecule has 5 nitrogen and oxygen atoms in total. The predicted molar refractivity (Wildman–Crippen MR) is 60.6 cm³/mol. The third-order valence-electron chi connectivity index (χ3n) is 2.49. The fraction of sp³-hybridized carbons (Fsp3) is 0.333. The number of benzene rings is 1. The molecule has 0 spiro atoms. The Kier molecular flexibility index (Phi) is 3.15. The summed E-state index contributed by atoms with van der Waals surface area (Å²) in [7, 11) is 0. The maximum absolute atomic E-state index is 11.7. The van der Waals surface area contributed by atoms with E-state index in [0.29, 0.717) is 17.2 Å². The van der Waals surface area contributed by atoms with Crippen LogP contribution in [0.4, 0.5) is 5.69 Å². The highest BCUT2D eigenvalue weighted by atomic mass is 16.7. The van der Waals surface area contributed by atoms with Crippen molar-refractivity contribution in [3.8, 4) is 17.6 Å². The van der Waals surface area contributed by atoms with Gasteiger partial charge in [-0.25, -0.2) is 0 Å². The van der Waals surface area contributed by atoms with Crippen molar-refractivity contribution in [2.45, 2.75) is 13.3 Å². The molecule has 0 bridgehead atoms. The minimum Gasteiger partial charge on any atom is -0.454 e. The Morgan fingerprint density at radius 1 is 1.53 bits per heavy atom. The summed E-state index contributed by atoms with van der Waals surface area (Å²) < 4.78 is 10.4. The predicted octanol–water partition coefficient (Wildman–Crippen LogP) is 1.90. The molecule has 88 valence electrons. The molecule has 0 aliphatic carbocycles. The first kappa shape index (κ1) is 11.3. The number of hydrogen-bond donors (Lipinski definition) is 1. The van der Waals surface area contributed by atoms with Gasteiger partial charge in [0.15, 0.2) is 11.5 Å². The van der Waals surface area contributed by atoms with Gasteiger partial charge in [-0.05, 0) is 12.1 Å². The summed E-state index contributed by atoms with van der Waals surface area (Å²) in [5, 5.41) is 11.2. The van der Waals surface area contributed by atoms with Crippen molar-refractivity contribution in [2.24, 2.45) is 5.92 Å². The van der Waals surface area contributed by atoms with E-state index in [2.05, 4.69) is 5.32 Å². The molecule has 1 heterocycles. The maximum Gasteiger partial charge on any atom is 0.231 e. The van der Waals surface area contributed by atoms with E-state index in [4.69, 9.17) is 14.7 Å². The van der Waals surface area contributed by atoms with Gasteiger partial charge in [0.2, 0.25) is 12.7 Å². The van der Waals surface area contributed by atoms with Crippen LogP contribution in [-0.4, -0.2) is 12.7 Å². The number of rotatable bonds is 3. The van der Waals surface area contributed by atoms with Crippen LogP contribution in [0.15, 0.2) is 18.2 Å². The number of nitriles is 1. The quantitative estimate of drug-likeness (QED) is 0.864. The van der Waals surface area contributed by atoms with E-state index in [1.54, 1.807) is 25.1 Å². The summed E-state index contributed by atoms with van der Waals surface area (Å²) in [5.41, 5.74) is 0.643. The zero-order valence-corrected chi connectivity index (χ0v) is 9.40. The molecule has 2 rings (SSSR count). The molecule has 1 aromatic rings. The third kappa shape index (κ3) is 2.48. The first-order chi connectivity index (χ1) is 8.20. The van der Waals surface area contributed by atoms with Crippen molar-refractivity contribution < 1.29 is 14.3 Å². The molecule has 0 radical (unpaired) electrons. The smallest absolute Gasteiger partial charge is 0.231 e. The summed E-state index contributed by atoms with van der Waals surface area (Å²) in [6.07, 6.45) is 0.205. The van der Waals surface area contributed by atoms with Gasteiger partial charge in [-0.2, -0.15) is 5.26 Å². The number of carbonyl (C=O) groups is 1. The molecular weight excluding hydrogens is 220 g/mol. The minimum absolute atomic E-state index is 0.176. The summed E-state index contributed by atoms with van der Waals surface area (Å²) in [6.45, 7) is 1.92. The average Bonchev–Trinajstić information content (AvgIpc) is 2.76. The fourth-order valence-electron chi connectivity index (χ4n) is 1.47. The Hall–Kier alpha value is -2.22. The summed E-state index contributed by atoms with van der Waals surface area (Å²) >= 11 is 0. The number of nitrogens with one attached hydrogen (secondary N) is 1. The lowest BCUT2D eigenvalue weighted by molar-refractivity contribution is -0.119. The Labute approximate surface area is 98.9 Å². The van der Waals surface area contributed by atoms with Crippen LogP contribution in [0.3, 0.4) is 0 Å². The molecule has 1 aromatic carbocycles. The van der Waals surface area contributed by atoms with Gasteiger partial charge in [0, 0.05) is 24.1 Å². The van der Waals surface area contributed by atoms with Crippen LogP contribution < -0.4 is 14.8 Å². The number of ether oxygens (including phenoxy) is 2. The molecular formula is C12H12N2O3.